The number of fused-ring (bicyclic) bond motifs is 1. The van der Waals surface area contributed by atoms with E-state index in [4.69, 9.17) is 9.73 Å². The van der Waals surface area contributed by atoms with Crippen LogP contribution in [-0.2, 0) is 0 Å². The highest BCUT2D eigenvalue weighted by atomic mass is 32.2. The van der Waals surface area contributed by atoms with Crippen LogP contribution in [0.4, 0.5) is 0 Å². The molecule has 1 aliphatic rings. The van der Waals surface area contributed by atoms with Gasteiger partial charge in [-0.1, -0.05) is 53.3 Å². The van der Waals surface area contributed by atoms with Crippen LogP contribution in [0.3, 0.4) is 0 Å². The van der Waals surface area contributed by atoms with Crippen molar-refractivity contribution in [2.45, 2.75) is 52.8 Å². The highest BCUT2D eigenvalue weighted by molar-refractivity contribution is 8.15. The molecule has 1 aliphatic heterocycles. The van der Waals surface area contributed by atoms with E-state index in [1.54, 1.807) is 37.1 Å². The Labute approximate surface area is 167 Å². The molecular weight excluding hydrogens is 356 g/mol. The molecule has 27 heavy (non-hydrogen) atoms. The molecule has 0 saturated heterocycles. The lowest BCUT2D eigenvalue weighted by atomic mass is 9.85. The Hall–Kier alpha value is -2.01. The van der Waals surface area contributed by atoms with Gasteiger partial charge in [0.05, 0.1) is 24.4 Å². The third kappa shape index (κ3) is 5.25. The predicted molar refractivity (Wildman–Crippen MR) is 121 cm³/mol. The Balaban J connectivity index is 0.000000855. The Morgan fingerprint density at radius 2 is 1.81 bits per heavy atom. The number of aromatic nitrogens is 1. The maximum Gasteiger partial charge on any atom is 0.190 e. The van der Waals surface area contributed by atoms with Gasteiger partial charge in [0.2, 0.25) is 0 Å². The number of ether oxygens (including phenoxy) is 1. The molecule has 0 spiro atoms. The van der Waals surface area contributed by atoms with E-state index in [1.807, 2.05) is 19.9 Å². The van der Waals surface area contributed by atoms with E-state index in [1.165, 1.54) is 0 Å². The first-order valence-corrected chi connectivity index (χ1v) is 10.1. The lowest BCUT2D eigenvalue weighted by Gasteiger charge is -2.27. The molecule has 1 aromatic carbocycles. The molecule has 5 heteroatoms. The SMILES string of the molecule is C=C.CC.COc1ccc2c(=O)cc(C3=NC(C(C)(C)C)C(C)S3)[nH]c2c1. The smallest absolute Gasteiger partial charge is 0.190 e. The standard InChI is InChI=1S/C18H22N2O2S.C2H6.C2H4/c1-10-16(18(2,3)4)20-17(23-10)14-9-15(21)12-7-6-11(22-5)8-13(12)19-14;2*1-2/h6-10,16H,1-5H3,(H,19,21);1-2H3;1-2H2. The van der Waals surface area contributed by atoms with E-state index in [0.29, 0.717) is 10.6 Å². The third-order valence-electron chi connectivity index (χ3n) is 4.15. The van der Waals surface area contributed by atoms with Crippen LogP contribution in [0, 0.1) is 5.41 Å². The highest BCUT2D eigenvalue weighted by Crippen LogP contribution is 2.38. The second-order valence-corrected chi connectivity index (χ2v) is 8.39. The van der Waals surface area contributed by atoms with Crippen LogP contribution in [0.25, 0.3) is 10.9 Å². The topological polar surface area (TPSA) is 54.4 Å². The van der Waals surface area contributed by atoms with Gasteiger partial charge >= 0.3 is 0 Å². The van der Waals surface area contributed by atoms with Crippen molar-refractivity contribution in [1.82, 2.24) is 4.98 Å². The minimum Gasteiger partial charge on any atom is -0.497 e. The van der Waals surface area contributed by atoms with Crippen LogP contribution < -0.4 is 10.2 Å². The Kier molecular flexibility index (Phi) is 8.35. The number of hydrogen-bond donors (Lipinski definition) is 1. The van der Waals surface area contributed by atoms with Gasteiger partial charge in [-0.2, -0.15) is 0 Å². The van der Waals surface area contributed by atoms with Gasteiger partial charge in [-0.15, -0.1) is 13.2 Å². The molecular formula is C22H32N2O2S. The summed E-state index contributed by atoms with van der Waals surface area (Å²) in [5.74, 6) is 0.729. The molecule has 2 unspecified atom stereocenters. The first-order valence-electron chi connectivity index (χ1n) is 9.25. The van der Waals surface area contributed by atoms with Gasteiger partial charge in [0.1, 0.15) is 10.8 Å². The summed E-state index contributed by atoms with van der Waals surface area (Å²) in [5, 5.41) is 1.98. The summed E-state index contributed by atoms with van der Waals surface area (Å²) in [4.78, 5) is 20.6. The maximum atomic E-state index is 12.4. The molecule has 0 bridgehead atoms. The number of hydrogen-bond acceptors (Lipinski definition) is 4. The average molecular weight is 389 g/mol. The first-order chi connectivity index (χ1) is 12.8. The number of nitrogens with one attached hydrogen (secondary N) is 1. The van der Waals surface area contributed by atoms with Crippen LogP contribution in [0.2, 0.25) is 0 Å². The van der Waals surface area contributed by atoms with Crippen molar-refractivity contribution in [3.05, 3.63) is 53.3 Å². The Bertz CT molecular complexity index is 849. The Morgan fingerprint density at radius 3 is 2.33 bits per heavy atom. The zero-order valence-corrected chi connectivity index (χ0v) is 18.4. The largest absolute Gasteiger partial charge is 0.497 e. The van der Waals surface area contributed by atoms with Crippen molar-refractivity contribution in [3.63, 3.8) is 0 Å². The normalized spacial score (nSPS) is 18.7. The first kappa shape index (κ1) is 23.0. The molecule has 2 heterocycles. The molecule has 0 amide bonds. The molecule has 148 valence electrons. The zero-order chi connectivity index (χ0) is 20.8. The van der Waals surface area contributed by atoms with Crippen molar-refractivity contribution in [2.24, 2.45) is 10.4 Å². The number of rotatable bonds is 2. The number of benzene rings is 1. The second kappa shape index (κ2) is 9.79. The lowest BCUT2D eigenvalue weighted by Crippen LogP contribution is -2.29. The molecule has 0 radical (unpaired) electrons. The minimum absolute atomic E-state index is 0.00608. The molecule has 2 atom stereocenters. The second-order valence-electron chi connectivity index (χ2n) is 7.03. The Morgan fingerprint density at radius 1 is 1.19 bits per heavy atom. The van der Waals surface area contributed by atoms with E-state index in [0.717, 1.165) is 22.0 Å². The average Bonchev–Trinajstić information content (AvgIpc) is 3.06. The van der Waals surface area contributed by atoms with Gasteiger partial charge in [0, 0.05) is 22.8 Å². The van der Waals surface area contributed by atoms with Gasteiger partial charge < -0.3 is 9.72 Å². The van der Waals surface area contributed by atoms with Crippen molar-refractivity contribution in [2.75, 3.05) is 7.11 Å². The van der Waals surface area contributed by atoms with Gasteiger partial charge in [-0.3, -0.25) is 9.79 Å². The molecule has 1 N–H and O–H groups in total. The van der Waals surface area contributed by atoms with Crippen LogP contribution in [0.15, 0.2) is 47.2 Å². The van der Waals surface area contributed by atoms with Gasteiger partial charge in [0.15, 0.2) is 5.43 Å². The predicted octanol–water partition coefficient (Wildman–Crippen LogP) is 5.66. The van der Waals surface area contributed by atoms with Crippen molar-refractivity contribution >= 4 is 27.7 Å². The summed E-state index contributed by atoms with van der Waals surface area (Å²) in [6.45, 7) is 18.8. The maximum absolute atomic E-state index is 12.4. The monoisotopic (exact) mass is 388 g/mol. The fraction of sp³-hybridized carbons (Fsp3) is 0.455. The molecule has 4 nitrogen and oxygen atoms in total. The number of thioether (sulfide) groups is 1. The molecule has 0 saturated carbocycles. The molecule has 1 aromatic heterocycles. The number of nitrogens with zero attached hydrogens (tertiary/aromatic N) is 1. The number of pyridine rings is 1. The number of aliphatic imine (C=N–C) groups is 1. The van der Waals surface area contributed by atoms with E-state index >= 15 is 0 Å². The summed E-state index contributed by atoms with van der Waals surface area (Å²) < 4.78 is 5.25. The zero-order valence-electron chi connectivity index (χ0n) is 17.6. The molecule has 0 aliphatic carbocycles. The summed E-state index contributed by atoms with van der Waals surface area (Å²) in [6.07, 6.45) is 0. The summed E-state index contributed by atoms with van der Waals surface area (Å²) in [6, 6.07) is 7.34. The summed E-state index contributed by atoms with van der Waals surface area (Å²) in [5.41, 5.74) is 1.68. The van der Waals surface area contributed by atoms with Crippen molar-refractivity contribution < 1.29 is 4.74 Å². The van der Waals surface area contributed by atoms with E-state index in [9.17, 15) is 4.79 Å². The van der Waals surface area contributed by atoms with Crippen LogP contribution in [0.1, 0.15) is 47.2 Å². The van der Waals surface area contributed by atoms with E-state index in [-0.39, 0.29) is 16.9 Å². The van der Waals surface area contributed by atoms with Gasteiger partial charge in [-0.25, -0.2) is 0 Å². The lowest BCUT2D eigenvalue weighted by molar-refractivity contribution is 0.325. The third-order valence-corrected chi connectivity index (χ3v) is 5.33. The number of methoxy groups -OCH3 is 1. The van der Waals surface area contributed by atoms with Gasteiger partial charge in [-0.05, 0) is 17.5 Å². The number of H-pyrrole nitrogens is 1. The van der Waals surface area contributed by atoms with Gasteiger partial charge in [0.25, 0.3) is 0 Å². The summed E-state index contributed by atoms with van der Waals surface area (Å²) >= 11 is 1.73. The van der Waals surface area contributed by atoms with Crippen LogP contribution in [0.5, 0.6) is 5.75 Å². The fourth-order valence-electron chi connectivity index (χ4n) is 3.01. The molecule has 3 rings (SSSR count). The van der Waals surface area contributed by atoms with Crippen molar-refractivity contribution in [3.8, 4) is 5.75 Å². The molecule has 0 fully saturated rings. The van der Waals surface area contributed by atoms with Crippen LogP contribution >= 0.6 is 11.8 Å². The quantitative estimate of drug-likeness (QED) is 0.675. The summed E-state index contributed by atoms with van der Waals surface area (Å²) in [7, 11) is 1.62. The van der Waals surface area contributed by atoms with E-state index < -0.39 is 0 Å². The van der Waals surface area contributed by atoms with Crippen LogP contribution in [-0.4, -0.2) is 28.4 Å². The fourth-order valence-corrected chi connectivity index (χ4v) is 4.37. The number of aromatic amines is 1. The molecule has 2 aromatic rings. The highest BCUT2D eigenvalue weighted by Gasteiger charge is 2.36. The van der Waals surface area contributed by atoms with Crippen molar-refractivity contribution in [1.29, 1.82) is 0 Å². The van der Waals surface area contributed by atoms with E-state index in [2.05, 4.69) is 45.8 Å². The minimum atomic E-state index is 0.00608.